The highest BCUT2D eigenvalue weighted by molar-refractivity contribution is 5.44. The minimum Gasteiger partial charge on any atom is -0.369 e. The third-order valence-electron chi connectivity index (χ3n) is 4.27. The van der Waals surface area contributed by atoms with Crippen molar-refractivity contribution in [2.24, 2.45) is 0 Å². The maximum absolute atomic E-state index is 4.09. The van der Waals surface area contributed by atoms with Gasteiger partial charge in [-0.1, -0.05) is 0 Å². The van der Waals surface area contributed by atoms with Crippen LogP contribution < -0.4 is 4.90 Å². The van der Waals surface area contributed by atoms with E-state index >= 15 is 0 Å². The summed E-state index contributed by atoms with van der Waals surface area (Å²) in [6.07, 6.45) is 11.6. The molecule has 18 heavy (non-hydrogen) atoms. The summed E-state index contributed by atoms with van der Waals surface area (Å²) in [5.41, 5.74) is 1.32. The molecule has 2 aliphatic rings. The topological polar surface area (TPSA) is 19.4 Å². The lowest BCUT2D eigenvalue weighted by Crippen LogP contribution is -2.50. The van der Waals surface area contributed by atoms with Crippen LogP contribution in [0.5, 0.6) is 0 Å². The lowest BCUT2D eigenvalue weighted by atomic mass is 9.94. The number of pyridine rings is 1. The lowest BCUT2D eigenvalue weighted by Gasteiger charge is -2.41. The first kappa shape index (κ1) is 12.0. The molecule has 0 N–H and O–H groups in total. The van der Waals surface area contributed by atoms with E-state index in [1.165, 1.54) is 44.5 Å². The Labute approximate surface area is 110 Å². The summed E-state index contributed by atoms with van der Waals surface area (Å²) in [6.45, 7) is 4.74. The van der Waals surface area contributed by atoms with Gasteiger partial charge in [0.1, 0.15) is 0 Å². The molecule has 1 radical (unpaired) electrons. The van der Waals surface area contributed by atoms with Gasteiger partial charge in [0.05, 0.1) is 0 Å². The van der Waals surface area contributed by atoms with E-state index in [0.29, 0.717) is 0 Å². The van der Waals surface area contributed by atoms with E-state index in [1.807, 2.05) is 12.4 Å². The second kappa shape index (κ2) is 5.70. The molecule has 3 nitrogen and oxygen atoms in total. The molecule has 1 aromatic heterocycles. The number of rotatable bonds is 2. The van der Waals surface area contributed by atoms with Crippen molar-refractivity contribution in [1.29, 1.82) is 0 Å². The molecule has 2 heterocycles. The zero-order valence-electron chi connectivity index (χ0n) is 11.0. The van der Waals surface area contributed by atoms with E-state index in [9.17, 15) is 0 Å². The zero-order valence-corrected chi connectivity index (χ0v) is 11.0. The van der Waals surface area contributed by atoms with Crippen molar-refractivity contribution in [3.8, 4) is 0 Å². The fourth-order valence-corrected chi connectivity index (χ4v) is 3.17. The van der Waals surface area contributed by atoms with Gasteiger partial charge in [-0.2, -0.15) is 0 Å². The zero-order chi connectivity index (χ0) is 12.2. The van der Waals surface area contributed by atoms with E-state index in [0.717, 1.165) is 19.1 Å². The molecule has 1 aromatic rings. The van der Waals surface area contributed by atoms with Crippen molar-refractivity contribution < 1.29 is 0 Å². The van der Waals surface area contributed by atoms with Gasteiger partial charge in [0.25, 0.3) is 0 Å². The second-order valence-electron chi connectivity index (χ2n) is 5.33. The van der Waals surface area contributed by atoms with Crippen LogP contribution in [0.15, 0.2) is 24.5 Å². The predicted molar refractivity (Wildman–Crippen MR) is 74.6 cm³/mol. The van der Waals surface area contributed by atoms with E-state index in [4.69, 9.17) is 0 Å². The van der Waals surface area contributed by atoms with Gasteiger partial charge in [-0.25, -0.2) is 0 Å². The van der Waals surface area contributed by atoms with Crippen LogP contribution in [-0.2, 0) is 0 Å². The molecular weight excluding hydrogens is 222 g/mol. The Bertz CT molecular complexity index is 351. The summed E-state index contributed by atoms with van der Waals surface area (Å²) < 4.78 is 0. The van der Waals surface area contributed by atoms with Crippen LogP contribution in [0.25, 0.3) is 0 Å². The SMILES string of the molecule is [CH]1CCC(N2CCN(c3ccncc3)CC2)CC1. The highest BCUT2D eigenvalue weighted by atomic mass is 15.3. The third kappa shape index (κ3) is 2.66. The number of anilines is 1. The first-order valence-electron chi connectivity index (χ1n) is 7.14. The summed E-state index contributed by atoms with van der Waals surface area (Å²) >= 11 is 0. The molecule has 2 fully saturated rings. The van der Waals surface area contributed by atoms with E-state index in [-0.39, 0.29) is 0 Å². The molecule has 1 aliphatic heterocycles. The Kier molecular flexibility index (Phi) is 3.79. The van der Waals surface area contributed by atoms with Crippen LogP contribution in [0, 0.1) is 6.42 Å². The highest BCUT2D eigenvalue weighted by Crippen LogP contribution is 2.24. The third-order valence-corrected chi connectivity index (χ3v) is 4.27. The molecule has 0 unspecified atom stereocenters. The fraction of sp³-hybridized carbons (Fsp3) is 0.600. The number of hydrogen-bond acceptors (Lipinski definition) is 3. The Morgan fingerprint density at radius 3 is 2.28 bits per heavy atom. The molecule has 0 bridgehead atoms. The number of nitrogens with zero attached hydrogens (tertiary/aromatic N) is 3. The van der Waals surface area contributed by atoms with Crippen LogP contribution in [-0.4, -0.2) is 42.1 Å². The molecule has 97 valence electrons. The standard InChI is InChI=1S/C15H22N3/c1-2-4-14(5-3-1)17-10-12-18(13-11-17)15-6-8-16-9-7-15/h1,6-9,14H,2-5,10-13H2. The van der Waals surface area contributed by atoms with Crippen LogP contribution in [0.4, 0.5) is 5.69 Å². The molecule has 0 aromatic carbocycles. The molecule has 1 saturated carbocycles. The van der Waals surface area contributed by atoms with E-state index in [2.05, 4.69) is 33.3 Å². The van der Waals surface area contributed by atoms with Crippen molar-refractivity contribution in [3.63, 3.8) is 0 Å². The van der Waals surface area contributed by atoms with Crippen LogP contribution in [0.3, 0.4) is 0 Å². The summed E-state index contributed by atoms with van der Waals surface area (Å²) in [5.74, 6) is 0. The van der Waals surface area contributed by atoms with Crippen LogP contribution in [0.2, 0.25) is 0 Å². The Morgan fingerprint density at radius 2 is 1.61 bits per heavy atom. The van der Waals surface area contributed by atoms with Gasteiger partial charge >= 0.3 is 0 Å². The molecule has 1 saturated heterocycles. The minimum absolute atomic E-state index is 0.842. The highest BCUT2D eigenvalue weighted by Gasteiger charge is 2.25. The normalized spacial score (nSPS) is 23.2. The van der Waals surface area contributed by atoms with Crippen molar-refractivity contribution in [2.45, 2.75) is 31.7 Å². The summed E-state index contributed by atoms with van der Waals surface area (Å²) in [7, 11) is 0. The Morgan fingerprint density at radius 1 is 0.944 bits per heavy atom. The maximum Gasteiger partial charge on any atom is 0.0397 e. The van der Waals surface area contributed by atoms with E-state index < -0.39 is 0 Å². The largest absolute Gasteiger partial charge is 0.369 e. The summed E-state index contributed by atoms with van der Waals surface area (Å²) in [6, 6.07) is 5.07. The molecule has 3 heteroatoms. The molecule has 0 amide bonds. The lowest BCUT2D eigenvalue weighted by molar-refractivity contribution is 0.158. The second-order valence-corrected chi connectivity index (χ2v) is 5.33. The van der Waals surface area contributed by atoms with Crippen LogP contribution >= 0.6 is 0 Å². The van der Waals surface area contributed by atoms with Gasteiger partial charge in [-0.05, 0) is 44.2 Å². The summed E-state index contributed by atoms with van der Waals surface area (Å²) in [5, 5.41) is 0. The van der Waals surface area contributed by atoms with Crippen LogP contribution in [0.1, 0.15) is 25.7 Å². The minimum atomic E-state index is 0.842. The van der Waals surface area contributed by atoms with Gasteiger partial charge < -0.3 is 4.90 Å². The van der Waals surface area contributed by atoms with Crippen molar-refractivity contribution in [2.75, 3.05) is 31.1 Å². The Hall–Kier alpha value is -1.09. The number of hydrogen-bond donors (Lipinski definition) is 0. The quantitative estimate of drug-likeness (QED) is 0.796. The summed E-state index contributed by atoms with van der Waals surface area (Å²) in [4.78, 5) is 9.27. The first-order chi connectivity index (χ1) is 8.93. The predicted octanol–water partition coefficient (Wildman–Crippen LogP) is 2.35. The van der Waals surface area contributed by atoms with Gasteiger partial charge in [-0.15, -0.1) is 0 Å². The molecule has 1 aliphatic carbocycles. The number of aromatic nitrogens is 1. The van der Waals surface area contributed by atoms with Gasteiger partial charge in [0.15, 0.2) is 0 Å². The van der Waals surface area contributed by atoms with Gasteiger partial charge in [0.2, 0.25) is 0 Å². The average molecular weight is 244 g/mol. The number of piperazine rings is 1. The molecule has 3 rings (SSSR count). The van der Waals surface area contributed by atoms with Crippen molar-refractivity contribution in [3.05, 3.63) is 30.9 Å². The van der Waals surface area contributed by atoms with Crippen molar-refractivity contribution >= 4 is 5.69 Å². The monoisotopic (exact) mass is 244 g/mol. The maximum atomic E-state index is 4.09. The van der Waals surface area contributed by atoms with Gasteiger partial charge in [-0.3, -0.25) is 9.88 Å². The van der Waals surface area contributed by atoms with E-state index in [1.54, 1.807) is 0 Å². The molecule has 0 spiro atoms. The average Bonchev–Trinajstić information content (AvgIpc) is 2.49. The first-order valence-corrected chi connectivity index (χ1v) is 7.14. The smallest absolute Gasteiger partial charge is 0.0397 e. The Balaban J connectivity index is 1.54. The fourth-order valence-electron chi connectivity index (χ4n) is 3.17. The molecular formula is C15H22N3. The van der Waals surface area contributed by atoms with Crippen molar-refractivity contribution in [1.82, 2.24) is 9.88 Å². The van der Waals surface area contributed by atoms with Gasteiger partial charge in [0, 0.05) is 50.3 Å². The molecule has 0 atom stereocenters.